The lowest BCUT2D eigenvalue weighted by Gasteiger charge is -2.06. The van der Waals surface area contributed by atoms with Gasteiger partial charge in [-0.25, -0.2) is 0 Å². The number of rotatable bonds is 4. The van der Waals surface area contributed by atoms with E-state index in [0.29, 0.717) is 0 Å². The van der Waals surface area contributed by atoms with Gasteiger partial charge in [0.2, 0.25) is 0 Å². The van der Waals surface area contributed by atoms with Crippen molar-refractivity contribution in [1.29, 1.82) is 0 Å². The third kappa shape index (κ3) is 10.8. The molecule has 0 spiro atoms. The summed E-state index contributed by atoms with van der Waals surface area (Å²) in [6.45, 7) is 0. The molecule has 176 valence electrons. The van der Waals surface area contributed by atoms with Crippen molar-refractivity contribution in [3.63, 3.8) is 0 Å². The Morgan fingerprint density at radius 2 is 0.771 bits per heavy atom. The van der Waals surface area contributed by atoms with Gasteiger partial charge in [-0.2, -0.15) is 0 Å². The Balaban J connectivity index is 0.000000186. The molecule has 3 heteroatoms. The molecule has 0 saturated heterocycles. The second-order valence-electron chi connectivity index (χ2n) is 8.00. The summed E-state index contributed by atoms with van der Waals surface area (Å²) in [5, 5.41) is 0. The van der Waals surface area contributed by atoms with E-state index in [4.69, 9.17) is 5.73 Å². The zero-order valence-electron chi connectivity index (χ0n) is 19.5. The van der Waals surface area contributed by atoms with Crippen LogP contribution in [-0.4, -0.2) is 0 Å². The first-order chi connectivity index (χ1) is 17.1. The van der Waals surface area contributed by atoms with E-state index in [2.05, 4.69) is 117 Å². The third-order valence-electron chi connectivity index (χ3n) is 5.08. The van der Waals surface area contributed by atoms with Crippen LogP contribution in [0.4, 0.5) is 5.69 Å². The number of para-hydroxylation sites is 1. The van der Waals surface area contributed by atoms with Gasteiger partial charge in [0.05, 0.1) is 0 Å². The lowest BCUT2D eigenvalue weighted by molar-refractivity contribution is 1.14. The molecule has 0 fully saturated rings. The molecule has 0 heterocycles. The van der Waals surface area contributed by atoms with E-state index < -0.39 is 0 Å². The van der Waals surface area contributed by atoms with Gasteiger partial charge in [-0.05, 0) is 65.4 Å². The van der Waals surface area contributed by atoms with Crippen molar-refractivity contribution < 1.29 is 0 Å². The van der Waals surface area contributed by atoms with Crippen LogP contribution in [0, 0.1) is 0 Å². The summed E-state index contributed by atoms with van der Waals surface area (Å²) < 4.78 is 2.21. The van der Waals surface area contributed by atoms with Crippen LogP contribution >= 0.6 is 31.9 Å². The fourth-order valence-electron chi connectivity index (χ4n) is 3.43. The van der Waals surface area contributed by atoms with Crippen molar-refractivity contribution in [2.45, 2.75) is 12.8 Å². The maximum atomic E-state index is 5.36. The Morgan fingerprint density at radius 1 is 0.400 bits per heavy atom. The summed E-state index contributed by atoms with van der Waals surface area (Å²) in [4.78, 5) is 0. The van der Waals surface area contributed by atoms with Crippen molar-refractivity contribution in [3.05, 3.63) is 171 Å². The Morgan fingerprint density at radius 3 is 1.11 bits per heavy atom. The molecule has 0 aliphatic carbocycles. The van der Waals surface area contributed by atoms with E-state index in [0.717, 1.165) is 27.5 Å². The van der Waals surface area contributed by atoms with Gasteiger partial charge in [0.15, 0.2) is 0 Å². The van der Waals surface area contributed by atoms with Crippen LogP contribution in [0.3, 0.4) is 0 Å². The third-order valence-corrected chi connectivity index (χ3v) is 6.07. The Labute approximate surface area is 225 Å². The van der Waals surface area contributed by atoms with Gasteiger partial charge in [0.25, 0.3) is 0 Å². The number of anilines is 1. The molecule has 0 aliphatic heterocycles. The molecule has 0 atom stereocenters. The van der Waals surface area contributed by atoms with E-state index in [9.17, 15) is 0 Å². The molecule has 0 amide bonds. The maximum Gasteiger partial charge on any atom is 0.0313 e. The molecule has 5 aromatic carbocycles. The first kappa shape index (κ1) is 26.5. The lowest BCUT2D eigenvalue weighted by Crippen LogP contribution is -1.92. The molecule has 1 nitrogen and oxygen atoms in total. The predicted octanol–water partition coefficient (Wildman–Crippen LogP) is 9.35. The van der Waals surface area contributed by atoms with Crippen LogP contribution in [0.1, 0.15) is 22.3 Å². The van der Waals surface area contributed by atoms with Crippen LogP contribution in [0.5, 0.6) is 0 Å². The fraction of sp³-hybridized carbons (Fsp3) is 0.0625. The molecule has 35 heavy (non-hydrogen) atoms. The molecule has 0 aliphatic rings. The van der Waals surface area contributed by atoms with Crippen molar-refractivity contribution in [2.24, 2.45) is 0 Å². The van der Waals surface area contributed by atoms with Crippen LogP contribution in [0.25, 0.3) is 0 Å². The van der Waals surface area contributed by atoms with Gasteiger partial charge in [-0.15, -0.1) is 0 Å². The molecule has 5 aromatic rings. The highest BCUT2D eigenvalue weighted by Gasteiger charge is 1.99. The Bertz CT molecular complexity index is 1180. The smallest absolute Gasteiger partial charge is 0.0313 e. The highest BCUT2D eigenvalue weighted by molar-refractivity contribution is 9.11. The van der Waals surface area contributed by atoms with Crippen molar-refractivity contribution in [1.82, 2.24) is 0 Å². The molecule has 0 saturated carbocycles. The van der Waals surface area contributed by atoms with Gasteiger partial charge in [-0.3, -0.25) is 0 Å². The summed E-state index contributed by atoms with van der Waals surface area (Å²) in [7, 11) is 0. The zero-order chi connectivity index (χ0) is 24.7. The molecule has 0 aromatic heterocycles. The summed E-state index contributed by atoms with van der Waals surface area (Å²) in [6.07, 6.45) is 2.01. The first-order valence-electron chi connectivity index (χ1n) is 11.5. The van der Waals surface area contributed by atoms with Crippen molar-refractivity contribution >= 4 is 37.5 Å². The summed E-state index contributed by atoms with van der Waals surface area (Å²) >= 11 is 6.66. The van der Waals surface area contributed by atoms with Crippen molar-refractivity contribution in [3.8, 4) is 0 Å². The number of hydrogen-bond donors (Lipinski definition) is 1. The molecule has 0 radical (unpaired) electrons. The molecule has 5 rings (SSSR count). The number of hydrogen-bond acceptors (Lipinski definition) is 1. The normalized spacial score (nSPS) is 9.77. The van der Waals surface area contributed by atoms with Gasteiger partial charge in [0, 0.05) is 14.6 Å². The topological polar surface area (TPSA) is 26.0 Å². The second-order valence-corrected chi connectivity index (χ2v) is 9.83. The van der Waals surface area contributed by atoms with Crippen LogP contribution in [-0.2, 0) is 12.8 Å². The number of nitrogens with two attached hydrogens (primary N) is 1. The predicted molar refractivity (Wildman–Crippen MR) is 158 cm³/mol. The fourth-order valence-corrected chi connectivity index (χ4v) is 4.53. The average Bonchev–Trinajstić information content (AvgIpc) is 2.87. The van der Waals surface area contributed by atoms with Gasteiger partial charge >= 0.3 is 0 Å². The minimum Gasteiger partial charge on any atom is -0.399 e. The largest absolute Gasteiger partial charge is 0.399 e. The van der Waals surface area contributed by atoms with E-state index >= 15 is 0 Å². The highest BCUT2D eigenvalue weighted by Crippen LogP contribution is 2.16. The van der Waals surface area contributed by atoms with Crippen LogP contribution in [0.15, 0.2) is 148 Å². The van der Waals surface area contributed by atoms with Gasteiger partial charge in [-0.1, -0.05) is 141 Å². The Hall–Kier alpha value is -3.14. The summed E-state index contributed by atoms with van der Waals surface area (Å²) in [6, 6.07) is 47.6. The molecular formula is C32H29Br2N. The maximum absolute atomic E-state index is 5.36. The van der Waals surface area contributed by atoms with Crippen molar-refractivity contribution in [2.75, 3.05) is 5.73 Å². The minimum atomic E-state index is 0.822. The second kappa shape index (κ2) is 15.0. The molecule has 0 bridgehead atoms. The lowest BCUT2D eigenvalue weighted by atomic mass is 9.99. The standard InChI is InChI=1S/C20H18.C6H4Br2.C6H7N/c1-3-8-17(9-4-1)14-19-12-7-13-20(16-19)15-18-10-5-2-6-11-18;7-5-2-1-3-6(8)4-5;7-6-4-2-1-3-5-6/h1-13,16H,14-15H2;1-4H;1-5H,7H2. The van der Waals surface area contributed by atoms with Crippen LogP contribution < -0.4 is 5.73 Å². The first-order valence-corrected chi connectivity index (χ1v) is 13.0. The summed E-state index contributed by atoms with van der Waals surface area (Å²) in [5.74, 6) is 0. The zero-order valence-corrected chi connectivity index (χ0v) is 22.7. The molecule has 0 unspecified atom stereocenters. The van der Waals surface area contributed by atoms with E-state index in [1.54, 1.807) is 0 Å². The SMILES string of the molecule is Brc1cccc(Br)c1.Nc1ccccc1.c1ccc(Cc2cccc(Cc3ccccc3)c2)cc1. The van der Waals surface area contributed by atoms with Crippen LogP contribution in [0.2, 0.25) is 0 Å². The average molecular weight is 587 g/mol. The molecular weight excluding hydrogens is 558 g/mol. The summed E-state index contributed by atoms with van der Waals surface area (Å²) in [5.41, 5.74) is 11.7. The molecule has 2 N–H and O–H groups in total. The Kier molecular flexibility index (Phi) is 11.3. The van der Waals surface area contributed by atoms with E-state index in [1.165, 1.54) is 22.3 Å². The van der Waals surface area contributed by atoms with E-state index in [1.807, 2.05) is 54.6 Å². The highest BCUT2D eigenvalue weighted by atomic mass is 79.9. The quantitative estimate of drug-likeness (QED) is 0.209. The van der Waals surface area contributed by atoms with Gasteiger partial charge < -0.3 is 5.73 Å². The minimum absolute atomic E-state index is 0.822. The number of benzene rings is 5. The monoisotopic (exact) mass is 585 g/mol. The number of halogens is 2. The van der Waals surface area contributed by atoms with Gasteiger partial charge in [0.1, 0.15) is 0 Å². The number of nitrogen functional groups attached to an aromatic ring is 1. The van der Waals surface area contributed by atoms with E-state index in [-0.39, 0.29) is 0 Å².